The van der Waals surface area contributed by atoms with E-state index in [2.05, 4.69) is 57.1 Å². The summed E-state index contributed by atoms with van der Waals surface area (Å²) in [6.45, 7) is 13.0. The van der Waals surface area contributed by atoms with Crippen molar-refractivity contribution >= 4 is 11.7 Å². The maximum atomic E-state index is 11.7. The molecule has 1 heterocycles. The van der Waals surface area contributed by atoms with E-state index in [9.17, 15) is 4.79 Å². The van der Waals surface area contributed by atoms with E-state index in [0.29, 0.717) is 6.42 Å². The number of amides is 1. The quantitative estimate of drug-likeness (QED) is 0.908. The Hall–Kier alpha value is -1.64. The lowest BCUT2D eigenvalue weighted by Gasteiger charge is -2.22. The average molecular weight is 286 g/mol. The third-order valence-electron chi connectivity index (χ3n) is 4.17. The highest BCUT2D eigenvalue weighted by molar-refractivity contribution is 6.06. The lowest BCUT2D eigenvalue weighted by atomic mass is 9.83. The molecule has 2 rings (SSSR count). The summed E-state index contributed by atoms with van der Waals surface area (Å²) in [5.74, 6) is 0.843. The second-order valence-electron chi connectivity index (χ2n) is 7.00. The number of nitrogens with zero attached hydrogens (tertiary/aromatic N) is 1. The molecule has 0 aromatic heterocycles. The largest absolute Gasteiger partial charge is 0.312 e. The first-order chi connectivity index (χ1) is 9.72. The third kappa shape index (κ3) is 3.34. The molecule has 1 amide bonds. The highest BCUT2D eigenvalue weighted by Gasteiger charge is 2.25. The number of nitrogens with one attached hydrogen (secondary N) is 1. The number of aliphatic imine (C=N–C) groups is 1. The number of carbonyl (C=O) groups excluding carboxylic acids is 1. The van der Waals surface area contributed by atoms with Crippen LogP contribution < -0.4 is 5.32 Å². The minimum Gasteiger partial charge on any atom is -0.312 e. The molecule has 0 spiro atoms. The van der Waals surface area contributed by atoms with E-state index in [4.69, 9.17) is 0 Å². The van der Waals surface area contributed by atoms with Crippen LogP contribution in [0, 0.1) is 13.8 Å². The molecule has 0 aliphatic carbocycles. The molecule has 114 valence electrons. The van der Waals surface area contributed by atoms with Crippen molar-refractivity contribution in [2.24, 2.45) is 4.99 Å². The molecule has 0 saturated heterocycles. The summed E-state index contributed by atoms with van der Waals surface area (Å²) < 4.78 is 0. The van der Waals surface area contributed by atoms with Gasteiger partial charge < -0.3 is 5.32 Å². The van der Waals surface area contributed by atoms with Gasteiger partial charge in [0, 0.05) is 6.42 Å². The van der Waals surface area contributed by atoms with Gasteiger partial charge in [0.25, 0.3) is 0 Å². The number of aryl methyl sites for hydroxylation is 2. The number of carbonyl (C=O) groups is 1. The fourth-order valence-electron chi connectivity index (χ4n) is 2.74. The van der Waals surface area contributed by atoms with Crippen molar-refractivity contribution in [3.63, 3.8) is 0 Å². The van der Waals surface area contributed by atoms with Gasteiger partial charge in [-0.1, -0.05) is 39.8 Å². The maximum absolute atomic E-state index is 11.7. The first-order valence-electron chi connectivity index (χ1n) is 7.70. The van der Waals surface area contributed by atoms with Gasteiger partial charge in [0.05, 0.1) is 0 Å². The van der Waals surface area contributed by atoms with Crippen LogP contribution in [-0.4, -0.2) is 17.8 Å². The molecule has 0 saturated carbocycles. The predicted octanol–water partition coefficient (Wildman–Crippen LogP) is 3.45. The number of hydrogen-bond acceptors (Lipinski definition) is 2. The molecule has 21 heavy (non-hydrogen) atoms. The SMILES string of the molecule is CCC1N=C(Cc2c(C)cc(C(C)(C)C)cc2C)NC1=O. The molecular weight excluding hydrogens is 260 g/mol. The molecule has 3 heteroatoms. The summed E-state index contributed by atoms with van der Waals surface area (Å²) in [6.07, 6.45) is 1.47. The predicted molar refractivity (Wildman–Crippen MR) is 88.0 cm³/mol. The number of amidine groups is 1. The van der Waals surface area contributed by atoms with Crippen molar-refractivity contribution in [1.82, 2.24) is 5.32 Å². The second kappa shape index (κ2) is 5.63. The van der Waals surface area contributed by atoms with Crippen LogP contribution in [0.2, 0.25) is 0 Å². The summed E-state index contributed by atoms with van der Waals surface area (Å²) in [5.41, 5.74) is 5.33. The van der Waals surface area contributed by atoms with Crippen molar-refractivity contribution in [3.05, 3.63) is 34.4 Å². The molecule has 1 aliphatic heterocycles. The minimum absolute atomic E-state index is 0.0362. The zero-order valence-corrected chi connectivity index (χ0v) is 14.0. The Kier molecular flexibility index (Phi) is 4.22. The van der Waals surface area contributed by atoms with Crippen LogP contribution in [0.15, 0.2) is 17.1 Å². The van der Waals surface area contributed by atoms with Gasteiger partial charge in [0.15, 0.2) is 0 Å². The fraction of sp³-hybridized carbons (Fsp3) is 0.556. The molecular formula is C18H26N2O. The molecule has 1 aromatic rings. The highest BCUT2D eigenvalue weighted by atomic mass is 16.2. The first-order valence-corrected chi connectivity index (χ1v) is 7.70. The van der Waals surface area contributed by atoms with E-state index >= 15 is 0 Å². The number of hydrogen-bond donors (Lipinski definition) is 1. The summed E-state index contributed by atoms with van der Waals surface area (Å²) >= 11 is 0. The van der Waals surface area contributed by atoms with Gasteiger partial charge in [-0.25, -0.2) is 0 Å². The van der Waals surface area contributed by atoms with Crippen LogP contribution in [0.4, 0.5) is 0 Å². The molecule has 1 unspecified atom stereocenters. The zero-order chi connectivity index (χ0) is 15.8. The molecule has 3 nitrogen and oxygen atoms in total. The number of rotatable bonds is 3. The van der Waals surface area contributed by atoms with E-state index in [1.807, 2.05) is 6.92 Å². The monoisotopic (exact) mass is 286 g/mol. The minimum atomic E-state index is -0.200. The van der Waals surface area contributed by atoms with Gasteiger partial charge in [-0.15, -0.1) is 0 Å². The van der Waals surface area contributed by atoms with Crippen LogP contribution in [0.3, 0.4) is 0 Å². The van der Waals surface area contributed by atoms with Gasteiger partial charge in [0.1, 0.15) is 11.9 Å². The van der Waals surface area contributed by atoms with Crippen LogP contribution in [0.5, 0.6) is 0 Å². The molecule has 0 radical (unpaired) electrons. The van der Waals surface area contributed by atoms with E-state index in [1.54, 1.807) is 0 Å². The van der Waals surface area contributed by atoms with Crippen molar-refractivity contribution in [3.8, 4) is 0 Å². The third-order valence-corrected chi connectivity index (χ3v) is 4.17. The van der Waals surface area contributed by atoms with Crippen molar-refractivity contribution in [2.45, 2.75) is 65.8 Å². The van der Waals surface area contributed by atoms with Gasteiger partial charge in [-0.05, 0) is 47.9 Å². The van der Waals surface area contributed by atoms with Gasteiger partial charge in [-0.2, -0.15) is 0 Å². The highest BCUT2D eigenvalue weighted by Crippen LogP contribution is 2.27. The van der Waals surface area contributed by atoms with E-state index in [-0.39, 0.29) is 17.4 Å². The lowest BCUT2D eigenvalue weighted by Crippen LogP contribution is -2.29. The average Bonchev–Trinajstić information content (AvgIpc) is 2.72. The lowest BCUT2D eigenvalue weighted by molar-refractivity contribution is -0.120. The fourth-order valence-corrected chi connectivity index (χ4v) is 2.74. The van der Waals surface area contributed by atoms with Crippen molar-refractivity contribution in [1.29, 1.82) is 0 Å². The van der Waals surface area contributed by atoms with E-state index < -0.39 is 0 Å². The van der Waals surface area contributed by atoms with Gasteiger partial charge in [-0.3, -0.25) is 9.79 Å². The molecule has 0 fully saturated rings. The normalized spacial score (nSPS) is 18.7. The summed E-state index contributed by atoms with van der Waals surface area (Å²) in [4.78, 5) is 16.2. The Bertz CT molecular complexity index is 571. The standard InChI is InChI=1S/C18H26N2O/c1-7-15-17(21)20-16(19-15)10-14-11(2)8-13(9-12(14)3)18(4,5)6/h8-9,15H,7,10H2,1-6H3,(H,19,20,21). The molecule has 0 bridgehead atoms. The van der Waals surface area contributed by atoms with Gasteiger partial charge in [0.2, 0.25) is 5.91 Å². The van der Waals surface area contributed by atoms with E-state index in [1.165, 1.54) is 22.3 Å². The first kappa shape index (κ1) is 15.7. The van der Waals surface area contributed by atoms with Crippen molar-refractivity contribution < 1.29 is 4.79 Å². The van der Waals surface area contributed by atoms with Crippen molar-refractivity contribution in [2.75, 3.05) is 0 Å². The molecule has 1 atom stereocenters. The van der Waals surface area contributed by atoms with E-state index in [0.717, 1.165) is 12.3 Å². The second-order valence-corrected chi connectivity index (χ2v) is 7.00. The summed E-state index contributed by atoms with van der Waals surface area (Å²) in [6, 6.07) is 4.32. The smallest absolute Gasteiger partial charge is 0.250 e. The van der Waals surface area contributed by atoms with Crippen LogP contribution in [-0.2, 0) is 16.6 Å². The zero-order valence-electron chi connectivity index (χ0n) is 14.0. The van der Waals surface area contributed by atoms with Crippen LogP contribution in [0.25, 0.3) is 0 Å². The summed E-state index contributed by atoms with van der Waals surface area (Å²) in [7, 11) is 0. The topological polar surface area (TPSA) is 41.5 Å². The Labute approximate surface area is 127 Å². The Morgan fingerprint density at radius 2 is 1.76 bits per heavy atom. The number of benzene rings is 1. The maximum Gasteiger partial charge on any atom is 0.250 e. The Balaban J connectivity index is 2.28. The van der Waals surface area contributed by atoms with Crippen LogP contribution in [0.1, 0.15) is 56.4 Å². The van der Waals surface area contributed by atoms with Crippen LogP contribution >= 0.6 is 0 Å². The molecule has 1 N–H and O–H groups in total. The van der Waals surface area contributed by atoms with Gasteiger partial charge >= 0.3 is 0 Å². The summed E-state index contributed by atoms with van der Waals surface area (Å²) in [5, 5.41) is 2.91. The Morgan fingerprint density at radius 3 is 2.19 bits per heavy atom. The molecule has 1 aromatic carbocycles. The Morgan fingerprint density at radius 1 is 1.19 bits per heavy atom. The molecule has 1 aliphatic rings.